The topological polar surface area (TPSA) is 25.4 Å². The normalized spacial score (nSPS) is 18.8. The summed E-state index contributed by atoms with van der Waals surface area (Å²) in [4.78, 5) is 6.73. The number of pyridine rings is 1. The van der Waals surface area contributed by atoms with E-state index in [9.17, 15) is 0 Å². The fraction of sp³-hybridized carbons (Fsp3) is 0.286. The fourth-order valence-corrected chi connectivity index (χ4v) is 3.49. The Bertz CT molecular complexity index is 798. The molecule has 0 aliphatic carbocycles. The molecule has 1 aromatic heterocycles. The van der Waals surface area contributed by atoms with Crippen LogP contribution in [-0.4, -0.2) is 35.7 Å². The first-order valence-electron chi connectivity index (χ1n) is 8.58. The number of hydrogen-bond acceptors (Lipinski definition) is 3. The molecule has 1 aliphatic rings. The summed E-state index contributed by atoms with van der Waals surface area (Å²) in [5, 5.41) is 2.52. The highest BCUT2D eigenvalue weighted by atomic mass is 16.5. The molecule has 0 radical (unpaired) electrons. The summed E-state index contributed by atoms with van der Waals surface area (Å²) in [6, 6.07) is 19.2. The van der Waals surface area contributed by atoms with Crippen LogP contribution >= 0.6 is 0 Å². The van der Waals surface area contributed by atoms with E-state index in [0.717, 1.165) is 32.7 Å². The Morgan fingerprint density at radius 2 is 1.96 bits per heavy atom. The van der Waals surface area contributed by atoms with Crippen molar-refractivity contribution in [1.82, 2.24) is 9.88 Å². The molecule has 0 saturated carbocycles. The lowest BCUT2D eigenvalue weighted by atomic mass is 10.0. The van der Waals surface area contributed by atoms with E-state index in [0.29, 0.717) is 0 Å². The van der Waals surface area contributed by atoms with Crippen molar-refractivity contribution in [2.24, 2.45) is 0 Å². The Labute approximate surface area is 142 Å². The molecule has 3 aromatic rings. The van der Waals surface area contributed by atoms with Gasteiger partial charge in [-0.05, 0) is 29.0 Å². The molecule has 3 heteroatoms. The van der Waals surface area contributed by atoms with Crippen molar-refractivity contribution < 1.29 is 4.74 Å². The summed E-state index contributed by atoms with van der Waals surface area (Å²) in [5.74, 6) is 0. The number of fused-ring (bicyclic) bond motifs is 1. The van der Waals surface area contributed by atoms with Gasteiger partial charge in [0, 0.05) is 37.4 Å². The van der Waals surface area contributed by atoms with Gasteiger partial charge in [0.05, 0.1) is 12.7 Å². The fourth-order valence-electron chi connectivity index (χ4n) is 3.49. The van der Waals surface area contributed by atoms with Crippen molar-refractivity contribution in [2.45, 2.75) is 19.1 Å². The van der Waals surface area contributed by atoms with Crippen LogP contribution in [-0.2, 0) is 17.7 Å². The molecule has 0 N–H and O–H groups in total. The predicted molar refractivity (Wildman–Crippen MR) is 96.9 cm³/mol. The Morgan fingerprint density at radius 1 is 1.04 bits per heavy atom. The number of hydrogen-bond donors (Lipinski definition) is 0. The third-order valence-electron chi connectivity index (χ3n) is 4.69. The van der Waals surface area contributed by atoms with Gasteiger partial charge in [-0.25, -0.2) is 0 Å². The molecule has 3 nitrogen and oxygen atoms in total. The molecule has 4 rings (SSSR count). The lowest BCUT2D eigenvalue weighted by Gasteiger charge is -2.33. The minimum atomic E-state index is 0.276. The molecule has 2 aromatic carbocycles. The van der Waals surface area contributed by atoms with E-state index in [4.69, 9.17) is 4.74 Å². The van der Waals surface area contributed by atoms with E-state index >= 15 is 0 Å². The van der Waals surface area contributed by atoms with Gasteiger partial charge in [0.2, 0.25) is 0 Å². The number of ether oxygens (including phenoxy) is 1. The third-order valence-corrected chi connectivity index (χ3v) is 4.69. The van der Waals surface area contributed by atoms with Crippen LogP contribution in [0.3, 0.4) is 0 Å². The van der Waals surface area contributed by atoms with Crippen molar-refractivity contribution in [1.29, 1.82) is 0 Å². The van der Waals surface area contributed by atoms with E-state index in [2.05, 4.69) is 64.5 Å². The first-order chi connectivity index (χ1) is 11.9. The molecule has 1 aliphatic heterocycles. The highest BCUT2D eigenvalue weighted by Gasteiger charge is 2.21. The lowest BCUT2D eigenvalue weighted by Crippen LogP contribution is -2.42. The van der Waals surface area contributed by atoms with Crippen LogP contribution in [0, 0.1) is 0 Å². The monoisotopic (exact) mass is 318 g/mol. The van der Waals surface area contributed by atoms with Crippen LogP contribution in [0.5, 0.6) is 0 Å². The molecule has 1 unspecified atom stereocenters. The van der Waals surface area contributed by atoms with Gasteiger partial charge in [-0.1, -0.05) is 48.5 Å². The van der Waals surface area contributed by atoms with E-state index in [1.54, 1.807) is 0 Å². The molecule has 122 valence electrons. The maximum atomic E-state index is 5.99. The zero-order chi connectivity index (χ0) is 16.2. The minimum Gasteiger partial charge on any atom is -0.375 e. The van der Waals surface area contributed by atoms with Crippen molar-refractivity contribution in [2.75, 3.05) is 19.7 Å². The summed E-state index contributed by atoms with van der Waals surface area (Å²) < 4.78 is 5.99. The average molecular weight is 318 g/mol. The average Bonchev–Trinajstić information content (AvgIpc) is 2.63. The van der Waals surface area contributed by atoms with Gasteiger partial charge in [0.1, 0.15) is 0 Å². The smallest absolute Gasteiger partial charge is 0.0743 e. The van der Waals surface area contributed by atoms with Gasteiger partial charge >= 0.3 is 0 Å². The molecular formula is C21H22N2O. The van der Waals surface area contributed by atoms with Crippen LogP contribution in [0.1, 0.15) is 11.1 Å². The standard InChI is InChI=1S/C21H22N2O/c1-2-5-17(6-3-1)13-20-16-23(11-12-24-20)15-19-8-4-7-18-14-22-10-9-21(18)19/h1-10,14,20H,11-13,15-16H2. The molecule has 0 spiro atoms. The van der Waals surface area contributed by atoms with Crippen LogP contribution in [0.4, 0.5) is 0 Å². The Morgan fingerprint density at radius 3 is 2.88 bits per heavy atom. The summed E-state index contributed by atoms with van der Waals surface area (Å²) in [7, 11) is 0. The van der Waals surface area contributed by atoms with Gasteiger partial charge < -0.3 is 4.74 Å². The number of aromatic nitrogens is 1. The summed E-state index contributed by atoms with van der Waals surface area (Å²) in [5.41, 5.74) is 2.72. The molecule has 1 atom stereocenters. The van der Waals surface area contributed by atoms with E-state index < -0.39 is 0 Å². The lowest BCUT2D eigenvalue weighted by molar-refractivity contribution is -0.0303. The van der Waals surface area contributed by atoms with E-state index in [-0.39, 0.29) is 6.10 Å². The second-order valence-corrected chi connectivity index (χ2v) is 6.43. The highest BCUT2D eigenvalue weighted by Crippen LogP contribution is 2.21. The van der Waals surface area contributed by atoms with Crippen molar-refractivity contribution in [3.8, 4) is 0 Å². The first-order valence-corrected chi connectivity index (χ1v) is 8.58. The third kappa shape index (κ3) is 3.48. The summed E-state index contributed by atoms with van der Waals surface area (Å²) in [6.45, 7) is 3.75. The first kappa shape index (κ1) is 15.3. The number of nitrogens with zero attached hydrogens (tertiary/aromatic N) is 2. The SMILES string of the molecule is c1ccc(CC2CN(Cc3cccc4cnccc34)CCO2)cc1. The van der Waals surface area contributed by atoms with Gasteiger partial charge in [0.25, 0.3) is 0 Å². The van der Waals surface area contributed by atoms with Crippen LogP contribution < -0.4 is 0 Å². The zero-order valence-corrected chi connectivity index (χ0v) is 13.8. The van der Waals surface area contributed by atoms with Crippen molar-refractivity contribution >= 4 is 10.8 Å². The quantitative estimate of drug-likeness (QED) is 0.734. The van der Waals surface area contributed by atoms with Gasteiger partial charge in [-0.2, -0.15) is 0 Å². The summed E-state index contributed by atoms with van der Waals surface area (Å²) in [6.07, 6.45) is 5.08. The number of rotatable bonds is 4. The Hall–Kier alpha value is -2.23. The molecule has 0 amide bonds. The number of benzene rings is 2. The minimum absolute atomic E-state index is 0.276. The Kier molecular flexibility index (Phi) is 4.54. The molecule has 2 heterocycles. The second-order valence-electron chi connectivity index (χ2n) is 6.43. The predicted octanol–water partition coefficient (Wildman–Crippen LogP) is 3.68. The van der Waals surface area contributed by atoms with Crippen LogP contribution in [0.2, 0.25) is 0 Å². The number of morpholine rings is 1. The van der Waals surface area contributed by atoms with Crippen molar-refractivity contribution in [3.05, 3.63) is 78.1 Å². The van der Waals surface area contributed by atoms with Crippen LogP contribution in [0.15, 0.2) is 67.0 Å². The zero-order valence-electron chi connectivity index (χ0n) is 13.8. The highest BCUT2D eigenvalue weighted by molar-refractivity contribution is 5.84. The molecule has 24 heavy (non-hydrogen) atoms. The maximum Gasteiger partial charge on any atom is 0.0743 e. The molecule has 0 bridgehead atoms. The van der Waals surface area contributed by atoms with Gasteiger partial charge in [-0.3, -0.25) is 9.88 Å². The Balaban J connectivity index is 1.46. The summed E-state index contributed by atoms with van der Waals surface area (Å²) >= 11 is 0. The van der Waals surface area contributed by atoms with Crippen molar-refractivity contribution in [3.63, 3.8) is 0 Å². The van der Waals surface area contributed by atoms with Crippen LogP contribution in [0.25, 0.3) is 10.8 Å². The van der Waals surface area contributed by atoms with Gasteiger partial charge in [-0.15, -0.1) is 0 Å². The largest absolute Gasteiger partial charge is 0.375 e. The second kappa shape index (κ2) is 7.12. The maximum absolute atomic E-state index is 5.99. The molecular weight excluding hydrogens is 296 g/mol. The van der Waals surface area contributed by atoms with E-state index in [1.165, 1.54) is 21.9 Å². The van der Waals surface area contributed by atoms with E-state index in [1.807, 2.05) is 12.4 Å². The molecule has 1 fully saturated rings. The molecule has 1 saturated heterocycles. The van der Waals surface area contributed by atoms with Gasteiger partial charge in [0.15, 0.2) is 0 Å².